The highest BCUT2D eigenvalue weighted by molar-refractivity contribution is 7.99. The molecule has 1 fully saturated rings. The second-order valence-corrected chi connectivity index (χ2v) is 4.44. The maximum absolute atomic E-state index is 5.93. The van der Waals surface area contributed by atoms with E-state index in [0.29, 0.717) is 12.0 Å². The van der Waals surface area contributed by atoms with Crippen LogP contribution in [0.5, 0.6) is 0 Å². The van der Waals surface area contributed by atoms with Gasteiger partial charge in [-0.05, 0) is 16.9 Å². The first-order chi connectivity index (χ1) is 6.25. The van der Waals surface area contributed by atoms with E-state index in [2.05, 4.69) is 15.4 Å². The summed E-state index contributed by atoms with van der Waals surface area (Å²) in [5.74, 6) is 3.52. The lowest BCUT2D eigenvalue weighted by Crippen LogP contribution is -2.30. The molecule has 0 bridgehead atoms. The molecule has 1 aromatic rings. The highest BCUT2D eigenvalue weighted by Crippen LogP contribution is 2.24. The molecule has 0 aromatic carbocycles. The van der Waals surface area contributed by atoms with Gasteiger partial charge in [-0.3, -0.25) is 0 Å². The number of aromatic nitrogens is 4. The van der Waals surface area contributed by atoms with Crippen LogP contribution >= 0.6 is 11.8 Å². The summed E-state index contributed by atoms with van der Waals surface area (Å²) in [4.78, 5) is 1.49. The average molecular weight is 199 g/mol. The van der Waals surface area contributed by atoms with E-state index in [1.807, 2.05) is 11.8 Å². The van der Waals surface area contributed by atoms with Gasteiger partial charge >= 0.3 is 0 Å². The Morgan fingerprint density at radius 1 is 1.62 bits per heavy atom. The van der Waals surface area contributed by atoms with E-state index >= 15 is 0 Å². The molecule has 2 atom stereocenters. The number of aryl methyl sites for hydroxylation is 1. The summed E-state index contributed by atoms with van der Waals surface area (Å²) < 4.78 is 0. The van der Waals surface area contributed by atoms with Crippen molar-refractivity contribution in [1.29, 1.82) is 0 Å². The van der Waals surface area contributed by atoms with Crippen LogP contribution in [0.15, 0.2) is 0 Å². The number of tetrazole rings is 1. The Labute approximate surface area is 81.1 Å². The number of thioether (sulfide) groups is 1. The normalized spacial score (nSPS) is 28.2. The first-order valence-corrected chi connectivity index (χ1v) is 5.47. The molecule has 0 aliphatic carbocycles. The van der Waals surface area contributed by atoms with Crippen LogP contribution in [0.2, 0.25) is 0 Å². The SMILES string of the molecule is Cn1nnc(CC2CSCC2N)n1. The quantitative estimate of drug-likeness (QED) is 0.691. The molecule has 1 aliphatic rings. The Morgan fingerprint density at radius 3 is 3.00 bits per heavy atom. The molecule has 2 rings (SSSR count). The van der Waals surface area contributed by atoms with Crippen LogP contribution in [-0.2, 0) is 13.5 Å². The van der Waals surface area contributed by atoms with Gasteiger partial charge in [-0.1, -0.05) is 0 Å². The lowest BCUT2D eigenvalue weighted by molar-refractivity contribution is 0.501. The van der Waals surface area contributed by atoms with Crippen LogP contribution in [0.3, 0.4) is 0 Å². The molecule has 0 amide bonds. The van der Waals surface area contributed by atoms with Gasteiger partial charge in [-0.2, -0.15) is 16.6 Å². The van der Waals surface area contributed by atoms with E-state index < -0.39 is 0 Å². The molecule has 2 heterocycles. The molecular weight excluding hydrogens is 186 g/mol. The second kappa shape index (κ2) is 3.63. The van der Waals surface area contributed by atoms with Crippen molar-refractivity contribution in [2.24, 2.45) is 18.7 Å². The molecule has 1 saturated heterocycles. The van der Waals surface area contributed by atoms with Gasteiger partial charge in [0.05, 0.1) is 7.05 Å². The standard InChI is InChI=1S/C7H13N5S/c1-12-10-7(9-11-12)2-5-3-13-4-6(5)8/h5-6H,2-4,8H2,1H3. The van der Waals surface area contributed by atoms with E-state index in [9.17, 15) is 0 Å². The zero-order valence-corrected chi connectivity index (χ0v) is 8.37. The minimum Gasteiger partial charge on any atom is -0.327 e. The Bertz CT molecular complexity index is 286. The lowest BCUT2D eigenvalue weighted by atomic mass is 10.0. The van der Waals surface area contributed by atoms with Crippen LogP contribution in [0.25, 0.3) is 0 Å². The Kier molecular flexibility index (Phi) is 2.50. The maximum atomic E-state index is 5.93. The fourth-order valence-corrected chi connectivity index (χ4v) is 2.81. The maximum Gasteiger partial charge on any atom is 0.175 e. The van der Waals surface area contributed by atoms with Gasteiger partial charge in [0.1, 0.15) is 0 Å². The van der Waals surface area contributed by atoms with Gasteiger partial charge < -0.3 is 5.73 Å². The van der Waals surface area contributed by atoms with Gasteiger partial charge in [0, 0.05) is 18.2 Å². The van der Waals surface area contributed by atoms with Crippen molar-refractivity contribution in [2.75, 3.05) is 11.5 Å². The first-order valence-electron chi connectivity index (χ1n) is 4.32. The van der Waals surface area contributed by atoms with Gasteiger partial charge in [-0.25, -0.2) is 0 Å². The molecule has 13 heavy (non-hydrogen) atoms. The van der Waals surface area contributed by atoms with E-state index in [0.717, 1.165) is 23.8 Å². The molecule has 0 radical (unpaired) electrons. The monoisotopic (exact) mass is 199 g/mol. The van der Waals surface area contributed by atoms with Crippen molar-refractivity contribution in [3.63, 3.8) is 0 Å². The summed E-state index contributed by atoms with van der Waals surface area (Å²) in [5.41, 5.74) is 5.93. The predicted octanol–water partition coefficient (Wildman–Crippen LogP) is -0.557. The molecule has 0 saturated carbocycles. The van der Waals surface area contributed by atoms with Gasteiger partial charge in [0.15, 0.2) is 5.82 Å². The average Bonchev–Trinajstić information content (AvgIpc) is 2.64. The zero-order chi connectivity index (χ0) is 9.26. The number of nitrogens with zero attached hydrogens (tertiary/aromatic N) is 4. The summed E-state index contributed by atoms with van der Waals surface area (Å²) in [7, 11) is 1.78. The summed E-state index contributed by atoms with van der Waals surface area (Å²) in [6, 6.07) is 0.300. The van der Waals surface area contributed by atoms with E-state index in [1.54, 1.807) is 7.05 Å². The fraction of sp³-hybridized carbons (Fsp3) is 0.857. The minimum absolute atomic E-state index is 0.300. The van der Waals surface area contributed by atoms with Crippen LogP contribution in [0.4, 0.5) is 0 Å². The lowest BCUT2D eigenvalue weighted by Gasteiger charge is -2.10. The largest absolute Gasteiger partial charge is 0.327 e. The highest BCUT2D eigenvalue weighted by atomic mass is 32.2. The van der Waals surface area contributed by atoms with Crippen molar-refractivity contribution in [3.8, 4) is 0 Å². The van der Waals surface area contributed by atoms with Gasteiger partial charge in [0.2, 0.25) is 0 Å². The van der Waals surface area contributed by atoms with E-state index in [1.165, 1.54) is 4.80 Å². The van der Waals surface area contributed by atoms with Crippen molar-refractivity contribution in [2.45, 2.75) is 12.5 Å². The van der Waals surface area contributed by atoms with E-state index in [-0.39, 0.29) is 0 Å². The van der Waals surface area contributed by atoms with Gasteiger partial charge in [-0.15, -0.1) is 10.2 Å². The van der Waals surface area contributed by atoms with Gasteiger partial charge in [0.25, 0.3) is 0 Å². The molecule has 1 aromatic heterocycles. The molecule has 2 N–H and O–H groups in total. The molecule has 2 unspecified atom stereocenters. The number of hydrogen-bond acceptors (Lipinski definition) is 5. The first kappa shape index (κ1) is 8.96. The molecule has 72 valence electrons. The summed E-state index contributed by atoms with van der Waals surface area (Å²) >= 11 is 1.91. The van der Waals surface area contributed by atoms with Crippen molar-refractivity contribution in [1.82, 2.24) is 20.2 Å². The Morgan fingerprint density at radius 2 is 2.46 bits per heavy atom. The zero-order valence-electron chi connectivity index (χ0n) is 7.55. The summed E-state index contributed by atoms with van der Waals surface area (Å²) in [6.45, 7) is 0. The Balaban J connectivity index is 1.97. The van der Waals surface area contributed by atoms with E-state index in [4.69, 9.17) is 5.73 Å². The molecule has 5 nitrogen and oxygen atoms in total. The third kappa shape index (κ3) is 2.00. The van der Waals surface area contributed by atoms with Crippen LogP contribution in [-0.4, -0.2) is 37.8 Å². The second-order valence-electron chi connectivity index (χ2n) is 3.36. The van der Waals surface area contributed by atoms with Crippen molar-refractivity contribution < 1.29 is 0 Å². The van der Waals surface area contributed by atoms with Crippen LogP contribution in [0.1, 0.15) is 5.82 Å². The summed E-state index contributed by atoms with van der Waals surface area (Å²) in [5, 5.41) is 11.9. The summed E-state index contributed by atoms with van der Waals surface area (Å²) in [6.07, 6.45) is 0.863. The topological polar surface area (TPSA) is 69.6 Å². The number of rotatable bonds is 2. The van der Waals surface area contributed by atoms with Crippen molar-refractivity contribution in [3.05, 3.63) is 5.82 Å². The highest BCUT2D eigenvalue weighted by Gasteiger charge is 2.25. The number of hydrogen-bond donors (Lipinski definition) is 1. The third-order valence-electron chi connectivity index (χ3n) is 2.24. The Hall–Kier alpha value is -0.620. The van der Waals surface area contributed by atoms with Crippen LogP contribution < -0.4 is 5.73 Å². The smallest absolute Gasteiger partial charge is 0.175 e. The third-order valence-corrected chi connectivity index (χ3v) is 3.53. The molecular formula is C7H13N5S. The minimum atomic E-state index is 0.300. The fourth-order valence-electron chi connectivity index (χ4n) is 1.47. The predicted molar refractivity (Wildman–Crippen MR) is 51.3 cm³/mol. The molecule has 1 aliphatic heterocycles. The van der Waals surface area contributed by atoms with Crippen LogP contribution in [0, 0.1) is 5.92 Å². The molecule has 6 heteroatoms. The molecule has 0 spiro atoms. The number of nitrogens with two attached hydrogens (primary N) is 1. The van der Waals surface area contributed by atoms with Crippen molar-refractivity contribution >= 4 is 11.8 Å².